The quantitative estimate of drug-likeness (QED) is 0.475. The van der Waals surface area contributed by atoms with E-state index in [4.69, 9.17) is 33.2 Å². The Kier molecular flexibility index (Phi) is 6.12. The topological polar surface area (TPSA) is 102 Å². The molecular formula is C27H30O9. The third-order valence-corrected chi connectivity index (χ3v) is 7.38. The molecule has 2 aliphatic heterocycles. The second-order valence-electron chi connectivity index (χ2n) is 9.18. The fourth-order valence-electron chi connectivity index (χ4n) is 5.05. The van der Waals surface area contributed by atoms with Crippen LogP contribution in [0.3, 0.4) is 0 Å². The summed E-state index contributed by atoms with van der Waals surface area (Å²) in [4.78, 5) is 13.0. The van der Waals surface area contributed by atoms with Crippen LogP contribution in [0, 0.1) is 11.8 Å². The highest BCUT2D eigenvalue weighted by atomic mass is 16.7. The van der Waals surface area contributed by atoms with E-state index >= 15 is 0 Å². The van der Waals surface area contributed by atoms with Crippen molar-refractivity contribution in [3.8, 4) is 45.6 Å². The third-order valence-electron chi connectivity index (χ3n) is 7.38. The molecule has 1 aliphatic carbocycles. The van der Waals surface area contributed by atoms with Gasteiger partial charge < -0.3 is 38.3 Å². The lowest BCUT2D eigenvalue weighted by atomic mass is 9.74. The minimum absolute atomic E-state index is 0.0242. The van der Waals surface area contributed by atoms with Crippen LogP contribution in [0.1, 0.15) is 51.0 Å². The number of rotatable bonds is 4. The second-order valence-corrected chi connectivity index (χ2v) is 9.18. The van der Waals surface area contributed by atoms with Crippen molar-refractivity contribution in [3.05, 3.63) is 34.9 Å². The monoisotopic (exact) mass is 498 g/mol. The molecule has 9 heteroatoms. The Morgan fingerprint density at radius 3 is 1.97 bits per heavy atom. The van der Waals surface area contributed by atoms with E-state index in [2.05, 4.69) is 0 Å². The normalized spacial score (nSPS) is 23.8. The van der Waals surface area contributed by atoms with E-state index in [1.54, 1.807) is 26.0 Å². The van der Waals surface area contributed by atoms with E-state index in [1.165, 1.54) is 14.2 Å². The highest BCUT2D eigenvalue weighted by molar-refractivity contribution is 5.91. The van der Waals surface area contributed by atoms with Crippen LogP contribution in [0.15, 0.2) is 23.8 Å². The second kappa shape index (κ2) is 9.13. The van der Waals surface area contributed by atoms with Crippen molar-refractivity contribution < 1.29 is 43.1 Å². The Hall–Kier alpha value is -3.59. The van der Waals surface area contributed by atoms with Crippen LogP contribution in [-0.2, 0) is 9.53 Å². The van der Waals surface area contributed by atoms with Gasteiger partial charge in [0.2, 0.25) is 25.1 Å². The Labute approximate surface area is 209 Å². The maximum Gasteiger partial charge on any atom is 0.333 e. The lowest BCUT2D eigenvalue weighted by Crippen LogP contribution is -2.29. The molecule has 0 radical (unpaired) electrons. The van der Waals surface area contributed by atoms with Crippen LogP contribution in [0.4, 0.5) is 0 Å². The predicted octanol–water partition coefficient (Wildman–Crippen LogP) is 4.70. The molecule has 0 aromatic heterocycles. The predicted molar refractivity (Wildman–Crippen MR) is 129 cm³/mol. The summed E-state index contributed by atoms with van der Waals surface area (Å²) in [5.74, 6) is 1.53. The molecule has 3 aliphatic rings. The summed E-state index contributed by atoms with van der Waals surface area (Å²) in [5.41, 5.74) is 2.84. The molecule has 0 spiro atoms. The van der Waals surface area contributed by atoms with Gasteiger partial charge >= 0.3 is 5.97 Å². The third kappa shape index (κ3) is 3.52. The smallest absolute Gasteiger partial charge is 0.333 e. The number of esters is 1. The summed E-state index contributed by atoms with van der Waals surface area (Å²) in [6.07, 6.45) is 0.0262. The van der Waals surface area contributed by atoms with Gasteiger partial charge in [-0.25, -0.2) is 4.79 Å². The Morgan fingerprint density at radius 2 is 1.44 bits per heavy atom. The van der Waals surface area contributed by atoms with Crippen molar-refractivity contribution in [1.82, 2.24) is 0 Å². The molecule has 0 saturated heterocycles. The van der Waals surface area contributed by atoms with Gasteiger partial charge in [-0.1, -0.05) is 19.9 Å². The molecule has 0 bridgehead atoms. The summed E-state index contributed by atoms with van der Waals surface area (Å²) in [6.45, 7) is 7.42. The molecule has 192 valence electrons. The lowest BCUT2D eigenvalue weighted by molar-refractivity contribution is -0.149. The number of benzene rings is 2. The summed E-state index contributed by atoms with van der Waals surface area (Å²) in [5, 5.41) is 11.6. The molecule has 2 aromatic carbocycles. The van der Waals surface area contributed by atoms with Crippen LogP contribution < -0.4 is 28.4 Å². The Bertz CT molecular complexity index is 1250. The Balaban J connectivity index is 1.88. The first-order valence-electron chi connectivity index (χ1n) is 11.9. The fraction of sp³-hybridized carbons (Fsp3) is 0.444. The van der Waals surface area contributed by atoms with Crippen LogP contribution >= 0.6 is 0 Å². The molecular weight excluding hydrogens is 468 g/mol. The summed E-state index contributed by atoms with van der Waals surface area (Å²) in [6, 6.07) is 3.59. The van der Waals surface area contributed by atoms with Crippen LogP contribution in [0.25, 0.3) is 11.1 Å². The number of fused-ring (bicyclic) bond motifs is 5. The van der Waals surface area contributed by atoms with Crippen molar-refractivity contribution in [2.75, 3.05) is 27.8 Å². The van der Waals surface area contributed by atoms with Gasteiger partial charge in [0, 0.05) is 28.2 Å². The Morgan fingerprint density at radius 1 is 0.917 bits per heavy atom. The van der Waals surface area contributed by atoms with Gasteiger partial charge in [0.25, 0.3) is 0 Å². The van der Waals surface area contributed by atoms with E-state index in [0.717, 1.165) is 0 Å². The number of hydrogen-bond donors (Lipinski definition) is 1. The van der Waals surface area contributed by atoms with Gasteiger partial charge in [-0.05, 0) is 37.5 Å². The first-order chi connectivity index (χ1) is 17.3. The van der Waals surface area contributed by atoms with Crippen molar-refractivity contribution in [2.24, 2.45) is 11.8 Å². The molecule has 2 heterocycles. The fourth-order valence-corrected chi connectivity index (χ4v) is 5.05. The SMILES string of the molecule is C/C=C(/C)C(=O)O[C@@H]1c2cc3c(c(OC)c2-c2c(cc4c(c2OC)OCO4)[C@@H](O)[C@H](C)[C@@H]1C)OCO3. The first-order valence-corrected chi connectivity index (χ1v) is 11.9. The molecule has 5 rings (SSSR count). The molecule has 0 amide bonds. The standard InChI is InChI=1S/C27H30O9/c1-7-12(2)27(29)36-22-14(4)13(3)21(28)15-8-17-23(34-10-32-17)25(30-5)19(15)20-16(22)9-18-24(26(20)31-6)35-11-33-18/h7-9,13-14,21-22,28H,10-11H2,1-6H3/b12-7-/t13-,14+,21+,22+/m1/s1. The number of aliphatic hydroxyl groups excluding tert-OH is 1. The number of allylic oxidation sites excluding steroid dienone is 1. The van der Waals surface area contributed by atoms with Gasteiger partial charge in [-0.15, -0.1) is 0 Å². The van der Waals surface area contributed by atoms with E-state index < -0.39 is 18.2 Å². The molecule has 4 atom stereocenters. The zero-order valence-corrected chi connectivity index (χ0v) is 21.2. The van der Waals surface area contributed by atoms with Crippen LogP contribution in [0.2, 0.25) is 0 Å². The molecule has 0 fully saturated rings. The average Bonchev–Trinajstić information content (AvgIpc) is 3.56. The number of carbonyl (C=O) groups excluding carboxylic acids is 1. The van der Waals surface area contributed by atoms with Crippen LogP contribution in [-0.4, -0.2) is 38.9 Å². The highest BCUT2D eigenvalue weighted by Crippen LogP contribution is 2.60. The van der Waals surface area contributed by atoms with Crippen LogP contribution in [0.5, 0.6) is 34.5 Å². The minimum Gasteiger partial charge on any atom is -0.492 e. The van der Waals surface area contributed by atoms with Gasteiger partial charge in [-0.2, -0.15) is 0 Å². The summed E-state index contributed by atoms with van der Waals surface area (Å²) >= 11 is 0. The van der Waals surface area contributed by atoms with Gasteiger partial charge in [0.1, 0.15) is 6.10 Å². The number of hydrogen-bond acceptors (Lipinski definition) is 9. The maximum atomic E-state index is 13.0. The largest absolute Gasteiger partial charge is 0.492 e. The van der Waals surface area contributed by atoms with E-state index in [-0.39, 0.29) is 25.4 Å². The number of methoxy groups -OCH3 is 2. The summed E-state index contributed by atoms with van der Waals surface area (Å²) in [7, 11) is 3.06. The molecule has 0 saturated carbocycles. The molecule has 0 unspecified atom stereocenters. The van der Waals surface area contributed by atoms with Gasteiger partial charge in [0.05, 0.1) is 20.3 Å². The zero-order valence-electron chi connectivity index (χ0n) is 21.2. The van der Waals surface area contributed by atoms with Gasteiger partial charge in [0.15, 0.2) is 23.0 Å². The van der Waals surface area contributed by atoms with Crippen molar-refractivity contribution in [2.45, 2.75) is 39.9 Å². The van der Waals surface area contributed by atoms with E-state index in [1.807, 2.05) is 19.9 Å². The number of ether oxygens (including phenoxy) is 7. The summed E-state index contributed by atoms with van der Waals surface area (Å²) < 4.78 is 40.7. The van der Waals surface area contributed by atoms with E-state index in [0.29, 0.717) is 62.3 Å². The first kappa shape index (κ1) is 24.1. The van der Waals surface area contributed by atoms with Crippen molar-refractivity contribution in [3.63, 3.8) is 0 Å². The zero-order chi connectivity index (χ0) is 25.7. The molecule has 1 N–H and O–H groups in total. The minimum atomic E-state index is -0.939. The van der Waals surface area contributed by atoms with Gasteiger partial charge in [-0.3, -0.25) is 0 Å². The number of aliphatic hydroxyl groups is 1. The van der Waals surface area contributed by atoms with E-state index in [9.17, 15) is 9.90 Å². The highest BCUT2D eigenvalue weighted by Gasteiger charge is 2.43. The lowest BCUT2D eigenvalue weighted by Gasteiger charge is -2.37. The van der Waals surface area contributed by atoms with Crippen molar-refractivity contribution in [1.29, 1.82) is 0 Å². The van der Waals surface area contributed by atoms with Crippen molar-refractivity contribution >= 4 is 5.97 Å². The molecule has 9 nitrogen and oxygen atoms in total. The molecule has 2 aromatic rings. The molecule has 36 heavy (non-hydrogen) atoms. The number of carbonyl (C=O) groups is 1. The average molecular weight is 499 g/mol. The maximum absolute atomic E-state index is 13.0.